The zero-order chi connectivity index (χ0) is 35.5. The Morgan fingerprint density at radius 2 is 1.44 bits per heavy atom. The summed E-state index contributed by atoms with van der Waals surface area (Å²) in [6.45, 7) is 9.22. The Morgan fingerprint density at radius 1 is 0.840 bits per heavy atom. The summed E-state index contributed by atoms with van der Waals surface area (Å²) in [6, 6.07) is 15.8. The lowest BCUT2D eigenvalue weighted by molar-refractivity contribution is -0.211. The number of hydroxylamine groups is 2. The lowest BCUT2D eigenvalue weighted by atomic mass is 9.68. The number of rotatable bonds is 9. The molecule has 0 aliphatic carbocycles. The van der Waals surface area contributed by atoms with Crippen molar-refractivity contribution in [1.82, 2.24) is 20.6 Å². The second-order valence-corrected chi connectivity index (χ2v) is 15.2. The van der Waals surface area contributed by atoms with Gasteiger partial charge in [0.05, 0.1) is 6.54 Å². The van der Waals surface area contributed by atoms with Crippen LogP contribution in [-0.2, 0) is 28.8 Å². The third-order valence-electron chi connectivity index (χ3n) is 10.9. The Bertz CT molecular complexity index is 1570. The smallest absolute Gasteiger partial charge is 0.347 e. The number of carbonyl (C=O) groups is 5. The summed E-state index contributed by atoms with van der Waals surface area (Å²) in [5.74, 6) is -1.42. The molecule has 2 unspecified atom stereocenters. The lowest BCUT2D eigenvalue weighted by Crippen LogP contribution is -2.65. The summed E-state index contributed by atoms with van der Waals surface area (Å²) in [5, 5.41) is 13.2. The van der Waals surface area contributed by atoms with E-state index in [4.69, 9.17) is 4.84 Å². The summed E-state index contributed by atoms with van der Waals surface area (Å²) in [7, 11) is 0. The van der Waals surface area contributed by atoms with Crippen molar-refractivity contribution in [3.8, 4) is 0 Å². The molecule has 0 radical (unpaired) electrons. The minimum Gasteiger partial charge on any atom is -0.374 e. The molecule has 4 heterocycles. The van der Waals surface area contributed by atoms with E-state index in [2.05, 4.69) is 45.5 Å². The molecular formula is C38H50N6O6. The molecule has 4 fully saturated rings. The second kappa shape index (κ2) is 14.9. The van der Waals surface area contributed by atoms with E-state index in [1.165, 1.54) is 11.1 Å². The maximum atomic E-state index is 14.1. The minimum absolute atomic E-state index is 0.0211. The van der Waals surface area contributed by atoms with Crippen LogP contribution in [0.1, 0.15) is 95.1 Å². The summed E-state index contributed by atoms with van der Waals surface area (Å²) >= 11 is 0. The number of hydrogen-bond acceptors (Lipinski definition) is 10. The molecule has 2 atom stereocenters. The average Bonchev–Trinajstić information content (AvgIpc) is 3.10. The number of amides is 4. The van der Waals surface area contributed by atoms with E-state index in [1.807, 2.05) is 49.9 Å². The van der Waals surface area contributed by atoms with Crippen LogP contribution in [-0.4, -0.2) is 83.9 Å². The van der Waals surface area contributed by atoms with Crippen LogP contribution in [0.15, 0.2) is 48.5 Å². The molecule has 2 aromatic carbocycles. The SMILES string of the molecule is CC(C)(C)C1(Nc2ccc(C3CCNCC3)cc2)CCC(=O)N(OC(=O)CN2CCC(c3ccc(NC4CCC(=O)NC4=O)cc3)CC2)C1=O. The maximum Gasteiger partial charge on any atom is 0.347 e. The van der Waals surface area contributed by atoms with Crippen LogP contribution in [0.5, 0.6) is 0 Å². The molecule has 4 aliphatic heterocycles. The Labute approximate surface area is 294 Å². The van der Waals surface area contributed by atoms with Crippen molar-refractivity contribution >= 4 is 41.0 Å². The minimum atomic E-state index is -1.15. The van der Waals surface area contributed by atoms with E-state index in [9.17, 15) is 24.0 Å². The second-order valence-electron chi connectivity index (χ2n) is 15.2. The third-order valence-corrected chi connectivity index (χ3v) is 10.9. The van der Waals surface area contributed by atoms with Gasteiger partial charge in [0, 0.05) is 24.2 Å². The predicted octanol–water partition coefficient (Wildman–Crippen LogP) is 4.05. The summed E-state index contributed by atoms with van der Waals surface area (Å²) in [5.41, 5.74) is 2.32. The van der Waals surface area contributed by atoms with Gasteiger partial charge in [-0.3, -0.25) is 29.4 Å². The van der Waals surface area contributed by atoms with Crippen molar-refractivity contribution in [3.63, 3.8) is 0 Å². The van der Waals surface area contributed by atoms with Gasteiger partial charge in [-0.25, -0.2) is 4.79 Å². The number of anilines is 2. The van der Waals surface area contributed by atoms with Gasteiger partial charge >= 0.3 is 5.97 Å². The van der Waals surface area contributed by atoms with E-state index >= 15 is 0 Å². The van der Waals surface area contributed by atoms with Crippen molar-refractivity contribution in [3.05, 3.63) is 59.7 Å². The fourth-order valence-corrected chi connectivity index (χ4v) is 7.74. The highest BCUT2D eigenvalue weighted by atomic mass is 16.7. The van der Waals surface area contributed by atoms with Crippen LogP contribution < -0.4 is 21.3 Å². The first kappa shape index (κ1) is 35.5. The topological polar surface area (TPSA) is 149 Å². The summed E-state index contributed by atoms with van der Waals surface area (Å²) in [4.78, 5) is 71.4. The standard InChI is InChI=1S/C38H50N6O6/c1-37(2,3)38(42-30-10-6-25(7-11-30)27-15-20-39-21-16-27)19-14-33(46)44(36(38)49)50-34(47)24-43-22-17-28(18-23-43)26-4-8-29(9-5-26)40-31-12-13-32(45)41-35(31)48/h4-11,27-28,31,39-40,42H,12-24H2,1-3H3,(H,41,45,48). The van der Waals surface area contributed by atoms with E-state index in [1.54, 1.807) is 0 Å². The van der Waals surface area contributed by atoms with Crippen molar-refractivity contribution in [2.24, 2.45) is 5.41 Å². The Kier molecular flexibility index (Phi) is 10.6. The number of nitrogens with one attached hydrogen (secondary N) is 4. The molecule has 50 heavy (non-hydrogen) atoms. The molecule has 0 aromatic heterocycles. The predicted molar refractivity (Wildman–Crippen MR) is 189 cm³/mol. The number of imide groups is 2. The van der Waals surface area contributed by atoms with Crippen molar-refractivity contribution in [2.45, 2.75) is 95.6 Å². The molecule has 4 amide bonds. The number of piperidine rings is 4. The molecule has 12 nitrogen and oxygen atoms in total. The molecule has 4 aliphatic rings. The van der Waals surface area contributed by atoms with Crippen molar-refractivity contribution < 1.29 is 28.8 Å². The van der Waals surface area contributed by atoms with Crippen LogP contribution in [0.2, 0.25) is 0 Å². The van der Waals surface area contributed by atoms with Gasteiger partial charge in [0.2, 0.25) is 11.8 Å². The lowest BCUT2D eigenvalue weighted by Gasteiger charge is -2.48. The van der Waals surface area contributed by atoms with Crippen LogP contribution in [0, 0.1) is 5.41 Å². The Morgan fingerprint density at radius 3 is 2.04 bits per heavy atom. The van der Waals surface area contributed by atoms with E-state index in [0.717, 1.165) is 50.1 Å². The van der Waals surface area contributed by atoms with Crippen molar-refractivity contribution in [2.75, 3.05) is 43.4 Å². The Hall–Kier alpha value is -4.29. The van der Waals surface area contributed by atoms with Gasteiger partial charge in [0.25, 0.3) is 11.8 Å². The summed E-state index contributed by atoms with van der Waals surface area (Å²) < 4.78 is 0. The third kappa shape index (κ3) is 7.86. The molecular weight excluding hydrogens is 636 g/mol. The average molecular weight is 687 g/mol. The largest absolute Gasteiger partial charge is 0.374 e. The van der Waals surface area contributed by atoms with Crippen LogP contribution in [0.25, 0.3) is 0 Å². The molecule has 2 aromatic rings. The highest BCUT2D eigenvalue weighted by Gasteiger charge is 2.56. The zero-order valence-electron chi connectivity index (χ0n) is 29.4. The first-order chi connectivity index (χ1) is 23.9. The number of carbonyl (C=O) groups excluding carboxylic acids is 5. The van der Waals surface area contributed by atoms with E-state index < -0.39 is 34.8 Å². The van der Waals surface area contributed by atoms with Crippen LogP contribution in [0.4, 0.5) is 11.4 Å². The van der Waals surface area contributed by atoms with E-state index in [0.29, 0.717) is 49.3 Å². The fourth-order valence-electron chi connectivity index (χ4n) is 7.74. The highest BCUT2D eigenvalue weighted by Crippen LogP contribution is 2.42. The molecule has 268 valence electrons. The van der Waals surface area contributed by atoms with Gasteiger partial charge in [0.15, 0.2) is 0 Å². The molecule has 6 rings (SSSR count). The normalized spacial score (nSPS) is 24.5. The maximum absolute atomic E-state index is 14.1. The van der Waals surface area contributed by atoms with Gasteiger partial charge in [-0.1, -0.05) is 45.0 Å². The highest BCUT2D eigenvalue weighted by molar-refractivity contribution is 6.04. The quantitative estimate of drug-likeness (QED) is 0.285. The first-order valence-corrected chi connectivity index (χ1v) is 18.0. The first-order valence-electron chi connectivity index (χ1n) is 18.0. The number of likely N-dealkylation sites (tertiary alicyclic amines) is 1. The van der Waals surface area contributed by atoms with Crippen molar-refractivity contribution in [1.29, 1.82) is 0 Å². The fraction of sp³-hybridized carbons (Fsp3) is 0.553. The number of benzene rings is 2. The molecule has 0 spiro atoms. The van der Waals surface area contributed by atoms with Gasteiger partial charge < -0.3 is 20.8 Å². The van der Waals surface area contributed by atoms with Gasteiger partial charge in [-0.15, -0.1) is 5.06 Å². The molecule has 4 N–H and O–H groups in total. The monoisotopic (exact) mass is 686 g/mol. The number of hydrogen-bond donors (Lipinski definition) is 4. The molecule has 12 heteroatoms. The Balaban J connectivity index is 1.02. The van der Waals surface area contributed by atoms with Crippen LogP contribution in [0.3, 0.4) is 0 Å². The molecule has 4 saturated heterocycles. The molecule has 0 saturated carbocycles. The van der Waals surface area contributed by atoms with Gasteiger partial charge in [-0.2, -0.15) is 0 Å². The zero-order valence-corrected chi connectivity index (χ0v) is 29.4. The van der Waals surface area contributed by atoms with Gasteiger partial charge in [-0.05, 0) is 117 Å². The number of nitrogens with zero attached hydrogens (tertiary/aromatic N) is 2. The van der Waals surface area contributed by atoms with Gasteiger partial charge in [0.1, 0.15) is 11.6 Å². The molecule has 0 bridgehead atoms. The van der Waals surface area contributed by atoms with E-state index in [-0.39, 0.29) is 24.8 Å². The van der Waals surface area contributed by atoms with Crippen LogP contribution >= 0.6 is 0 Å². The summed E-state index contributed by atoms with van der Waals surface area (Å²) in [6.07, 6.45) is 5.02.